The standard InChI is InChI=1S/C11H15F2N3O2/c1-6-3-16(4-7(5-17)18-6)11-9(13)2-8(12)10(14)15-11/h2,6-7,17H,3-5H2,1H3,(H2,14,15). The molecular weight excluding hydrogens is 244 g/mol. The Morgan fingerprint density at radius 2 is 2.22 bits per heavy atom. The number of aliphatic hydroxyl groups excluding tert-OH is 1. The molecule has 1 aliphatic heterocycles. The van der Waals surface area contributed by atoms with Gasteiger partial charge in [0.1, 0.15) is 0 Å². The molecule has 1 saturated heterocycles. The number of nitrogen functional groups attached to an aromatic ring is 1. The van der Waals surface area contributed by atoms with Crippen LogP contribution in [0.25, 0.3) is 0 Å². The summed E-state index contributed by atoms with van der Waals surface area (Å²) in [5.41, 5.74) is 5.34. The van der Waals surface area contributed by atoms with Crippen molar-refractivity contribution in [3.8, 4) is 0 Å². The van der Waals surface area contributed by atoms with Crippen LogP contribution in [0.2, 0.25) is 0 Å². The zero-order chi connectivity index (χ0) is 13.3. The van der Waals surface area contributed by atoms with Crippen molar-refractivity contribution in [3.63, 3.8) is 0 Å². The maximum Gasteiger partial charge on any atom is 0.168 e. The lowest BCUT2D eigenvalue weighted by Crippen LogP contribution is -2.48. The average Bonchev–Trinajstić information content (AvgIpc) is 2.33. The van der Waals surface area contributed by atoms with E-state index in [9.17, 15) is 8.78 Å². The molecule has 0 saturated carbocycles. The second-order valence-electron chi connectivity index (χ2n) is 4.32. The van der Waals surface area contributed by atoms with Crippen LogP contribution in [0.4, 0.5) is 20.4 Å². The number of hydrogen-bond acceptors (Lipinski definition) is 5. The number of nitrogens with two attached hydrogens (primary N) is 1. The fourth-order valence-electron chi connectivity index (χ4n) is 2.01. The number of pyridine rings is 1. The van der Waals surface area contributed by atoms with E-state index in [-0.39, 0.29) is 30.9 Å². The Hall–Kier alpha value is -1.47. The molecule has 1 aromatic heterocycles. The molecule has 0 spiro atoms. The lowest BCUT2D eigenvalue weighted by Gasteiger charge is -2.36. The van der Waals surface area contributed by atoms with Crippen LogP contribution in [0.3, 0.4) is 0 Å². The Morgan fingerprint density at radius 1 is 1.50 bits per heavy atom. The van der Waals surface area contributed by atoms with Crippen molar-refractivity contribution in [2.45, 2.75) is 19.1 Å². The third kappa shape index (κ3) is 2.51. The molecular formula is C11H15F2N3O2. The second kappa shape index (κ2) is 5.03. The monoisotopic (exact) mass is 259 g/mol. The molecule has 1 aromatic rings. The summed E-state index contributed by atoms with van der Waals surface area (Å²) in [6.07, 6.45) is -0.593. The van der Waals surface area contributed by atoms with E-state index < -0.39 is 17.7 Å². The molecule has 0 bridgehead atoms. The first-order valence-electron chi connectivity index (χ1n) is 5.64. The van der Waals surface area contributed by atoms with Crippen LogP contribution in [0.15, 0.2) is 6.07 Å². The van der Waals surface area contributed by atoms with Gasteiger partial charge in [0.2, 0.25) is 0 Å². The number of aromatic nitrogens is 1. The first-order chi connectivity index (χ1) is 8.51. The van der Waals surface area contributed by atoms with Gasteiger partial charge in [0.05, 0.1) is 18.8 Å². The summed E-state index contributed by atoms with van der Waals surface area (Å²) in [6, 6.07) is 0.714. The van der Waals surface area contributed by atoms with Gasteiger partial charge in [0, 0.05) is 19.2 Å². The third-order valence-corrected chi connectivity index (χ3v) is 2.77. The number of hydrogen-bond donors (Lipinski definition) is 2. The fourth-order valence-corrected chi connectivity index (χ4v) is 2.01. The largest absolute Gasteiger partial charge is 0.394 e. The molecule has 1 aliphatic rings. The fraction of sp³-hybridized carbons (Fsp3) is 0.545. The zero-order valence-corrected chi connectivity index (χ0v) is 9.94. The summed E-state index contributed by atoms with van der Waals surface area (Å²) >= 11 is 0. The minimum atomic E-state index is -0.878. The van der Waals surface area contributed by atoms with Gasteiger partial charge in [-0.2, -0.15) is 0 Å². The van der Waals surface area contributed by atoms with Gasteiger partial charge in [0.25, 0.3) is 0 Å². The molecule has 0 amide bonds. The topological polar surface area (TPSA) is 71.6 Å². The predicted molar refractivity (Wildman–Crippen MR) is 62.2 cm³/mol. The number of halogens is 2. The Labute approximate surface area is 103 Å². The molecule has 2 atom stereocenters. The molecule has 18 heavy (non-hydrogen) atoms. The van der Waals surface area contributed by atoms with Gasteiger partial charge in [0.15, 0.2) is 23.3 Å². The number of anilines is 2. The minimum Gasteiger partial charge on any atom is -0.394 e. The molecule has 0 radical (unpaired) electrons. The van der Waals surface area contributed by atoms with E-state index in [1.54, 1.807) is 11.8 Å². The van der Waals surface area contributed by atoms with Gasteiger partial charge >= 0.3 is 0 Å². The van der Waals surface area contributed by atoms with Gasteiger partial charge in [-0.3, -0.25) is 0 Å². The van der Waals surface area contributed by atoms with Gasteiger partial charge in [-0.05, 0) is 6.92 Å². The highest BCUT2D eigenvalue weighted by atomic mass is 19.1. The van der Waals surface area contributed by atoms with E-state index in [2.05, 4.69) is 4.98 Å². The SMILES string of the molecule is CC1CN(c2nc(N)c(F)cc2F)CC(CO)O1. The van der Waals surface area contributed by atoms with E-state index >= 15 is 0 Å². The van der Waals surface area contributed by atoms with E-state index in [1.165, 1.54) is 0 Å². The molecule has 1 fully saturated rings. The Morgan fingerprint density at radius 3 is 2.89 bits per heavy atom. The van der Waals surface area contributed by atoms with Crippen LogP contribution in [-0.4, -0.2) is 42.0 Å². The molecule has 0 aliphatic carbocycles. The molecule has 7 heteroatoms. The zero-order valence-electron chi connectivity index (χ0n) is 9.94. The van der Waals surface area contributed by atoms with Crippen molar-refractivity contribution in [1.82, 2.24) is 4.98 Å². The van der Waals surface area contributed by atoms with Gasteiger partial charge in [-0.1, -0.05) is 0 Å². The highest BCUT2D eigenvalue weighted by Crippen LogP contribution is 2.24. The van der Waals surface area contributed by atoms with E-state index in [0.29, 0.717) is 12.6 Å². The summed E-state index contributed by atoms with van der Waals surface area (Å²) in [4.78, 5) is 5.31. The van der Waals surface area contributed by atoms with Crippen LogP contribution in [0, 0.1) is 11.6 Å². The summed E-state index contributed by atoms with van der Waals surface area (Å²) in [5.74, 6) is -2.00. The molecule has 2 rings (SSSR count). The number of nitrogens with zero attached hydrogens (tertiary/aromatic N) is 2. The smallest absolute Gasteiger partial charge is 0.168 e. The summed E-state index contributed by atoms with van der Waals surface area (Å²) < 4.78 is 32.1. The Kier molecular flexibility index (Phi) is 3.63. The maximum absolute atomic E-state index is 13.7. The molecule has 2 unspecified atom stereocenters. The van der Waals surface area contributed by atoms with Crippen molar-refractivity contribution in [3.05, 3.63) is 17.7 Å². The third-order valence-electron chi connectivity index (χ3n) is 2.77. The lowest BCUT2D eigenvalue weighted by molar-refractivity contribution is -0.0424. The van der Waals surface area contributed by atoms with Gasteiger partial charge in [-0.25, -0.2) is 13.8 Å². The summed E-state index contributed by atoms with van der Waals surface area (Å²) in [5, 5.41) is 9.09. The average molecular weight is 259 g/mol. The van der Waals surface area contributed by atoms with Gasteiger partial charge in [-0.15, -0.1) is 0 Å². The van der Waals surface area contributed by atoms with Gasteiger partial charge < -0.3 is 20.5 Å². The lowest BCUT2D eigenvalue weighted by atomic mass is 10.2. The van der Waals surface area contributed by atoms with Crippen molar-refractivity contribution >= 4 is 11.6 Å². The first-order valence-corrected chi connectivity index (χ1v) is 5.64. The van der Waals surface area contributed by atoms with Crippen LogP contribution in [0.1, 0.15) is 6.92 Å². The molecule has 2 heterocycles. The maximum atomic E-state index is 13.7. The van der Waals surface area contributed by atoms with Crippen LogP contribution in [-0.2, 0) is 4.74 Å². The minimum absolute atomic E-state index is 0.0116. The predicted octanol–water partition coefficient (Wildman–Crippen LogP) is 0.528. The molecule has 3 N–H and O–H groups in total. The number of rotatable bonds is 2. The highest BCUT2D eigenvalue weighted by molar-refractivity contribution is 5.47. The quantitative estimate of drug-likeness (QED) is 0.810. The number of morpholine rings is 1. The summed E-state index contributed by atoms with van der Waals surface area (Å²) in [6.45, 7) is 2.33. The number of ether oxygens (including phenoxy) is 1. The summed E-state index contributed by atoms with van der Waals surface area (Å²) in [7, 11) is 0. The van der Waals surface area contributed by atoms with Crippen LogP contribution >= 0.6 is 0 Å². The highest BCUT2D eigenvalue weighted by Gasteiger charge is 2.27. The van der Waals surface area contributed by atoms with Crippen molar-refractivity contribution in [2.75, 3.05) is 30.3 Å². The van der Waals surface area contributed by atoms with E-state index in [0.717, 1.165) is 0 Å². The number of aliphatic hydroxyl groups is 1. The van der Waals surface area contributed by atoms with Crippen LogP contribution in [0.5, 0.6) is 0 Å². The first kappa shape index (κ1) is 13.0. The molecule has 5 nitrogen and oxygen atoms in total. The van der Waals surface area contributed by atoms with Crippen LogP contribution < -0.4 is 10.6 Å². The van der Waals surface area contributed by atoms with Crippen molar-refractivity contribution in [2.24, 2.45) is 0 Å². The molecule has 0 aromatic carbocycles. The van der Waals surface area contributed by atoms with Crippen molar-refractivity contribution in [1.29, 1.82) is 0 Å². The van der Waals surface area contributed by atoms with E-state index in [4.69, 9.17) is 15.6 Å². The normalized spacial score (nSPS) is 24.3. The Balaban J connectivity index is 2.27. The van der Waals surface area contributed by atoms with E-state index in [1.807, 2.05) is 0 Å². The Bertz CT molecular complexity index is 445. The van der Waals surface area contributed by atoms with Crippen molar-refractivity contribution < 1.29 is 18.6 Å². The molecule has 100 valence electrons. The second-order valence-corrected chi connectivity index (χ2v) is 4.32.